The Morgan fingerprint density at radius 2 is 1.74 bits per heavy atom. The minimum Gasteiger partial charge on any atom is -0.459 e. The molecule has 0 aliphatic heterocycles. The molecule has 0 bridgehead atoms. The van der Waals surface area contributed by atoms with Crippen molar-refractivity contribution in [3.8, 4) is 0 Å². The summed E-state index contributed by atoms with van der Waals surface area (Å²) in [5, 5.41) is 13.7. The molecule has 10 heteroatoms. The van der Waals surface area contributed by atoms with Crippen molar-refractivity contribution in [2.45, 2.75) is 40.7 Å². The fourth-order valence-corrected chi connectivity index (χ4v) is 4.05. The summed E-state index contributed by atoms with van der Waals surface area (Å²) in [6.45, 7) is 9.77. The number of esters is 1. The van der Waals surface area contributed by atoms with Crippen LogP contribution < -0.4 is 5.32 Å². The Kier molecular flexibility index (Phi) is 7.87. The van der Waals surface area contributed by atoms with Crippen LogP contribution in [-0.2, 0) is 4.74 Å². The van der Waals surface area contributed by atoms with Crippen LogP contribution in [0.1, 0.15) is 63.6 Å². The van der Waals surface area contributed by atoms with Crippen molar-refractivity contribution in [2.75, 3.05) is 18.4 Å². The number of thiophene rings is 1. The molecule has 0 spiro atoms. The predicted molar refractivity (Wildman–Crippen MR) is 118 cm³/mol. The molecule has 2 rings (SSSR count). The summed E-state index contributed by atoms with van der Waals surface area (Å²) in [6, 6.07) is 5.08. The molecule has 31 heavy (non-hydrogen) atoms. The lowest BCUT2D eigenvalue weighted by atomic mass is 10.1. The van der Waals surface area contributed by atoms with Crippen molar-refractivity contribution < 1.29 is 24.0 Å². The van der Waals surface area contributed by atoms with E-state index in [0.717, 1.165) is 11.3 Å². The molecular weight excluding hydrogens is 422 g/mol. The van der Waals surface area contributed by atoms with Crippen molar-refractivity contribution >= 4 is 39.8 Å². The van der Waals surface area contributed by atoms with Crippen LogP contribution in [-0.4, -0.2) is 46.8 Å². The highest BCUT2D eigenvalue weighted by molar-refractivity contribution is 7.18. The summed E-state index contributed by atoms with van der Waals surface area (Å²) in [7, 11) is 0. The molecule has 1 heterocycles. The van der Waals surface area contributed by atoms with Crippen molar-refractivity contribution in [1.82, 2.24) is 4.90 Å². The van der Waals surface area contributed by atoms with E-state index in [2.05, 4.69) is 5.32 Å². The molecule has 0 saturated heterocycles. The second-order valence-electron chi connectivity index (χ2n) is 6.95. The van der Waals surface area contributed by atoms with Crippen LogP contribution in [0.5, 0.6) is 0 Å². The fraction of sp³-hybridized carbons (Fsp3) is 0.381. The third-order valence-corrected chi connectivity index (χ3v) is 5.70. The Hall–Kier alpha value is -3.27. The van der Waals surface area contributed by atoms with E-state index in [4.69, 9.17) is 4.74 Å². The van der Waals surface area contributed by atoms with Crippen molar-refractivity contribution in [2.24, 2.45) is 0 Å². The van der Waals surface area contributed by atoms with Crippen LogP contribution in [0.3, 0.4) is 0 Å². The number of carbonyl (C=O) groups excluding carboxylic acids is 3. The highest BCUT2D eigenvalue weighted by Crippen LogP contribution is 2.35. The van der Waals surface area contributed by atoms with E-state index in [1.165, 1.54) is 24.3 Å². The lowest BCUT2D eigenvalue weighted by Gasteiger charge is -2.18. The van der Waals surface area contributed by atoms with E-state index in [1.54, 1.807) is 25.7 Å². The second kappa shape index (κ2) is 10.2. The van der Waals surface area contributed by atoms with Gasteiger partial charge in [0.1, 0.15) is 5.00 Å². The summed E-state index contributed by atoms with van der Waals surface area (Å²) < 4.78 is 5.31. The number of nitro groups is 1. The van der Waals surface area contributed by atoms with Crippen molar-refractivity contribution in [1.29, 1.82) is 0 Å². The Balaban J connectivity index is 2.45. The van der Waals surface area contributed by atoms with Crippen LogP contribution in [0.15, 0.2) is 24.3 Å². The van der Waals surface area contributed by atoms with E-state index < -0.39 is 16.8 Å². The van der Waals surface area contributed by atoms with E-state index in [1.807, 2.05) is 13.8 Å². The summed E-state index contributed by atoms with van der Waals surface area (Å²) in [5.74, 6) is -1.43. The topological polar surface area (TPSA) is 119 Å². The van der Waals surface area contributed by atoms with Gasteiger partial charge in [0.15, 0.2) is 0 Å². The first-order valence-electron chi connectivity index (χ1n) is 9.80. The van der Waals surface area contributed by atoms with E-state index >= 15 is 0 Å². The predicted octanol–water partition coefficient (Wildman–Crippen LogP) is 4.26. The van der Waals surface area contributed by atoms with Gasteiger partial charge in [0.25, 0.3) is 17.5 Å². The number of benzene rings is 1. The van der Waals surface area contributed by atoms with Gasteiger partial charge in [-0.1, -0.05) is 0 Å². The van der Waals surface area contributed by atoms with Crippen LogP contribution in [0.4, 0.5) is 10.7 Å². The van der Waals surface area contributed by atoms with Crippen LogP contribution in [0, 0.1) is 17.0 Å². The zero-order valence-electron chi connectivity index (χ0n) is 18.1. The zero-order valence-corrected chi connectivity index (χ0v) is 18.9. The smallest absolute Gasteiger partial charge is 0.341 e. The average Bonchev–Trinajstić information content (AvgIpc) is 3.04. The number of carbonyl (C=O) groups is 3. The number of non-ortho nitro benzene ring substituents is 1. The Morgan fingerprint density at radius 1 is 1.16 bits per heavy atom. The average molecular weight is 448 g/mol. The number of nitro benzene ring substituents is 1. The molecule has 1 aromatic carbocycles. The minimum absolute atomic E-state index is 0.129. The number of hydrogen-bond acceptors (Lipinski definition) is 7. The molecule has 2 aromatic rings. The Morgan fingerprint density at radius 3 is 2.23 bits per heavy atom. The lowest BCUT2D eigenvalue weighted by molar-refractivity contribution is -0.384. The first kappa shape index (κ1) is 24.0. The maximum atomic E-state index is 12.9. The van der Waals surface area contributed by atoms with Gasteiger partial charge in [0.2, 0.25) is 0 Å². The molecule has 0 atom stereocenters. The third-order valence-electron chi connectivity index (χ3n) is 4.51. The number of amides is 2. The summed E-state index contributed by atoms with van der Waals surface area (Å²) in [5.41, 5.74) is 0.601. The first-order chi connectivity index (χ1) is 14.6. The lowest BCUT2D eigenvalue weighted by Crippen LogP contribution is -2.30. The van der Waals surface area contributed by atoms with Crippen LogP contribution >= 0.6 is 11.3 Å². The number of hydrogen-bond donors (Lipinski definition) is 1. The van der Waals surface area contributed by atoms with Gasteiger partial charge in [0, 0.05) is 30.8 Å². The Bertz CT molecular complexity index is 993. The SMILES string of the molecule is CCN(CC)C(=O)c1sc(NC(=O)c2ccc([N+](=O)[O-])cc2)c(C(=O)OC(C)C)c1C. The van der Waals surface area contributed by atoms with Crippen molar-refractivity contribution in [3.63, 3.8) is 0 Å². The quantitative estimate of drug-likeness (QED) is 0.367. The second-order valence-corrected chi connectivity index (χ2v) is 7.97. The molecule has 2 amide bonds. The molecule has 0 radical (unpaired) electrons. The number of ether oxygens (including phenoxy) is 1. The number of nitrogens with one attached hydrogen (secondary N) is 1. The van der Waals surface area contributed by atoms with Crippen LogP contribution in [0.2, 0.25) is 0 Å². The number of anilines is 1. The van der Waals surface area contributed by atoms with E-state index in [-0.39, 0.29) is 33.8 Å². The van der Waals surface area contributed by atoms with Gasteiger partial charge in [-0.05, 0) is 52.3 Å². The van der Waals surface area contributed by atoms with Gasteiger partial charge < -0.3 is 15.0 Å². The van der Waals surface area contributed by atoms with Gasteiger partial charge in [0.05, 0.1) is 21.5 Å². The number of rotatable bonds is 8. The molecule has 0 unspecified atom stereocenters. The summed E-state index contributed by atoms with van der Waals surface area (Å²) in [4.78, 5) is 50.5. The number of nitrogens with zero attached hydrogens (tertiary/aromatic N) is 2. The van der Waals surface area contributed by atoms with Crippen molar-refractivity contribution in [3.05, 3.63) is 55.9 Å². The molecule has 0 saturated carbocycles. The zero-order chi connectivity index (χ0) is 23.3. The first-order valence-corrected chi connectivity index (χ1v) is 10.6. The van der Waals surface area contributed by atoms with E-state index in [9.17, 15) is 24.5 Å². The highest BCUT2D eigenvalue weighted by Gasteiger charge is 2.29. The Labute approximate surface area is 184 Å². The van der Waals surface area contributed by atoms with Gasteiger partial charge in [-0.2, -0.15) is 0 Å². The fourth-order valence-electron chi connectivity index (χ4n) is 2.89. The molecule has 9 nitrogen and oxygen atoms in total. The standard InChI is InChI=1S/C21H25N3O6S/c1-6-23(7-2)20(26)17-13(5)16(21(27)30-12(3)4)19(31-17)22-18(25)14-8-10-15(11-9-14)24(28)29/h8-12H,6-7H2,1-5H3,(H,22,25). The molecule has 166 valence electrons. The maximum absolute atomic E-state index is 12.9. The van der Waals surface area contributed by atoms with Gasteiger partial charge in [-0.3, -0.25) is 19.7 Å². The minimum atomic E-state index is -0.638. The molecule has 0 fully saturated rings. The monoisotopic (exact) mass is 447 g/mol. The molecule has 1 aromatic heterocycles. The largest absolute Gasteiger partial charge is 0.459 e. The molecule has 0 aliphatic rings. The molecular formula is C21H25N3O6S. The normalized spacial score (nSPS) is 10.6. The highest BCUT2D eigenvalue weighted by atomic mass is 32.1. The van der Waals surface area contributed by atoms with E-state index in [0.29, 0.717) is 23.5 Å². The summed E-state index contributed by atoms with van der Waals surface area (Å²) >= 11 is 1.01. The third kappa shape index (κ3) is 5.46. The van der Waals surface area contributed by atoms with Gasteiger partial charge in [-0.25, -0.2) is 4.79 Å². The summed E-state index contributed by atoms with van der Waals surface area (Å²) in [6.07, 6.45) is -0.382. The van der Waals surface area contributed by atoms with Crippen LogP contribution in [0.25, 0.3) is 0 Å². The maximum Gasteiger partial charge on any atom is 0.341 e. The molecule has 0 aliphatic carbocycles. The molecule has 1 N–H and O–H groups in total. The van der Waals surface area contributed by atoms with Gasteiger partial charge >= 0.3 is 5.97 Å². The van der Waals surface area contributed by atoms with Gasteiger partial charge in [-0.15, -0.1) is 11.3 Å².